The van der Waals surface area contributed by atoms with Crippen LogP contribution in [0.5, 0.6) is 11.9 Å². The summed E-state index contributed by atoms with van der Waals surface area (Å²) in [7, 11) is -4.21. The van der Waals surface area contributed by atoms with Crippen molar-refractivity contribution >= 4 is 53.9 Å². The zero-order valence-corrected chi connectivity index (χ0v) is 21.3. The van der Waals surface area contributed by atoms with Gasteiger partial charge in [-0.2, -0.15) is 13.4 Å². The molecule has 3 rings (SSSR count). The Bertz CT molecular complexity index is 1260. The van der Waals surface area contributed by atoms with E-state index in [4.69, 9.17) is 19.7 Å². The molecule has 34 heavy (non-hydrogen) atoms. The van der Waals surface area contributed by atoms with Crippen LogP contribution in [-0.2, 0) is 21.4 Å². The van der Waals surface area contributed by atoms with Gasteiger partial charge in [-0.1, -0.05) is 28.1 Å². The third-order valence-corrected chi connectivity index (χ3v) is 5.42. The zero-order valence-electron chi connectivity index (χ0n) is 17.3. The van der Waals surface area contributed by atoms with Crippen LogP contribution in [0.1, 0.15) is 12.2 Å². The predicted molar refractivity (Wildman–Crippen MR) is 129 cm³/mol. The summed E-state index contributed by atoms with van der Waals surface area (Å²) in [5.74, 6) is -1.13. The lowest BCUT2D eigenvalue weighted by Gasteiger charge is -2.16. The highest BCUT2D eigenvalue weighted by Gasteiger charge is 2.21. The topological polar surface area (TPSA) is 180 Å². The standard InChI is InChI=1S/C19H18Br2N6O6S/c20-12-3-1-11(2-4-12)16-17(27-34(22,30)31)25-14(5-6-15(28)29)26-18(16)32-7-8-33-19-23-9-13(21)10-24-19/h1-4,9-10H,5-8H2,(H,28,29)(H2,22,30,31)(H,25,26,27). The van der Waals surface area contributed by atoms with Gasteiger partial charge < -0.3 is 14.6 Å². The summed E-state index contributed by atoms with van der Waals surface area (Å²) in [4.78, 5) is 27.5. The molecule has 0 atom stereocenters. The second kappa shape index (κ2) is 11.5. The SMILES string of the molecule is NS(=O)(=O)Nc1nc(CCC(=O)O)nc(OCCOc2ncc(Br)cn2)c1-c1ccc(Br)cc1. The number of rotatable bonds is 11. The van der Waals surface area contributed by atoms with Gasteiger partial charge in [0.25, 0.3) is 10.2 Å². The molecule has 1 aromatic carbocycles. The van der Waals surface area contributed by atoms with Crippen LogP contribution < -0.4 is 19.3 Å². The van der Waals surface area contributed by atoms with Crippen LogP contribution in [0.2, 0.25) is 0 Å². The molecule has 12 nitrogen and oxygen atoms in total. The number of aliphatic carboxylic acids is 1. The number of nitrogens with zero attached hydrogens (tertiary/aromatic N) is 4. The van der Waals surface area contributed by atoms with E-state index in [1.807, 2.05) is 0 Å². The number of aromatic nitrogens is 4. The normalized spacial score (nSPS) is 11.1. The lowest BCUT2D eigenvalue weighted by Crippen LogP contribution is -2.24. The van der Waals surface area contributed by atoms with E-state index >= 15 is 0 Å². The monoisotopic (exact) mass is 616 g/mol. The van der Waals surface area contributed by atoms with Crippen LogP contribution in [0.15, 0.2) is 45.6 Å². The number of carboxylic acids is 1. The van der Waals surface area contributed by atoms with Crippen molar-refractivity contribution in [3.63, 3.8) is 0 Å². The van der Waals surface area contributed by atoms with Crippen molar-refractivity contribution in [1.29, 1.82) is 0 Å². The van der Waals surface area contributed by atoms with Gasteiger partial charge in [0.05, 0.1) is 16.5 Å². The van der Waals surface area contributed by atoms with Crippen LogP contribution in [0.4, 0.5) is 5.82 Å². The third kappa shape index (κ3) is 7.86. The number of nitrogens with one attached hydrogen (secondary N) is 1. The molecule has 0 bridgehead atoms. The molecule has 2 aromatic heterocycles. The molecule has 3 aromatic rings. The number of hydrogen-bond donors (Lipinski definition) is 3. The van der Waals surface area contributed by atoms with Crippen LogP contribution in [-0.4, -0.2) is 52.6 Å². The number of anilines is 1. The van der Waals surface area contributed by atoms with Crippen molar-refractivity contribution in [2.75, 3.05) is 17.9 Å². The molecule has 0 aliphatic carbocycles. The molecule has 0 aliphatic rings. The van der Waals surface area contributed by atoms with E-state index in [0.29, 0.717) is 10.0 Å². The Morgan fingerprint density at radius 2 is 1.68 bits per heavy atom. The van der Waals surface area contributed by atoms with Gasteiger partial charge in [0, 0.05) is 23.3 Å². The molecule has 0 aliphatic heterocycles. The molecule has 2 heterocycles. The van der Waals surface area contributed by atoms with Gasteiger partial charge in [-0.25, -0.2) is 20.1 Å². The van der Waals surface area contributed by atoms with Gasteiger partial charge in [0.1, 0.15) is 19.0 Å². The molecule has 0 saturated carbocycles. The van der Waals surface area contributed by atoms with Crippen molar-refractivity contribution in [2.24, 2.45) is 5.14 Å². The van der Waals surface area contributed by atoms with E-state index in [2.05, 4.69) is 56.5 Å². The zero-order chi connectivity index (χ0) is 24.7. The largest absolute Gasteiger partial charge is 0.481 e. The Kier molecular flexibility index (Phi) is 8.71. The fourth-order valence-electron chi connectivity index (χ4n) is 2.65. The lowest BCUT2D eigenvalue weighted by molar-refractivity contribution is -0.137. The molecule has 0 unspecified atom stereocenters. The highest BCUT2D eigenvalue weighted by atomic mass is 79.9. The quantitative estimate of drug-likeness (QED) is 0.271. The Morgan fingerprint density at radius 1 is 1.03 bits per heavy atom. The molecular weight excluding hydrogens is 600 g/mol. The number of carbonyl (C=O) groups is 1. The van der Waals surface area contributed by atoms with Crippen LogP contribution >= 0.6 is 31.9 Å². The Labute approximate surface area is 211 Å². The van der Waals surface area contributed by atoms with Crippen LogP contribution in [0, 0.1) is 0 Å². The fourth-order valence-corrected chi connectivity index (χ4v) is 3.54. The molecule has 0 fully saturated rings. The van der Waals surface area contributed by atoms with Gasteiger partial charge >= 0.3 is 12.0 Å². The average Bonchev–Trinajstić information content (AvgIpc) is 2.76. The molecule has 0 amide bonds. The Balaban J connectivity index is 1.94. The molecule has 0 saturated heterocycles. The molecule has 0 spiro atoms. The van der Waals surface area contributed by atoms with Crippen molar-refractivity contribution in [3.8, 4) is 23.0 Å². The van der Waals surface area contributed by atoms with Crippen molar-refractivity contribution < 1.29 is 27.8 Å². The molecule has 4 N–H and O–H groups in total. The predicted octanol–water partition coefficient (Wildman–Crippen LogP) is 2.55. The maximum atomic E-state index is 11.8. The second-order valence-electron chi connectivity index (χ2n) is 6.60. The van der Waals surface area contributed by atoms with Crippen molar-refractivity contribution in [3.05, 3.63) is 51.4 Å². The summed E-state index contributed by atoms with van der Waals surface area (Å²) >= 11 is 6.58. The van der Waals surface area contributed by atoms with Crippen molar-refractivity contribution in [1.82, 2.24) is 19.9 Å². The van der Waals surface area contributed by atoms with E-state index in [1.165, 1.54) is 12.4 Å². The maximum Gasteiger partial charge on any atom is 0.316 e. The minimum Gasteiger partial charge on any atom is -0.481 e. The minimum absolute atomic E-state index is 0.00679. The first-order valence-corrected chi connectivity index (χ1v) is 12.7. The van der Waals surface area contributed by atoms with E-state index in [9.17, 15) is 13.2 Å². The first kappa shape index (κ1) is 25.7. The fraction of sp³-hybridized carbons (Fsp3) is 0.211. The smallest absolute Gasteiger partial charge is 0.316 e. The number of ether oxygens (including phenoxy) is 2. The summed E-state index contributed by atoms with van der Waals surface area (Å²) in [6.45, 7) is 0.0426. The third-order valence-electron chi connectivity index (χ3n) is 4.01. The summed E-state index contributed by atoms with van der Waals surface area (Å²) < 4.78 is 38.5. The number of aryl methyl sites for hydroxylation is 1. The lowest BCUT2D eigenvalue weighted by atomic mass is 10.1. The Morgan fingerprint density at radius 3 is 2.29 bits per heavy atom. The summed E-state index contributed by atoms with van der Waals surface area (Å²) in [6.07, 6.45) is 2.73. The molecule has 180 valence electrons. The Hall–Kier alpha value is -2.88. The van der Waals surface area contributed by atoms with Gasteiger partial charge in [-0.15, -0.1) is 0 Å². The number of halogens is 2. The number of carboxylic acid groups (broad SMARTS) is 1. The maximum absolute atomic E-state index is 11.8. The number of nitrogens with two attached hydrogens (primary N) is 1. The highest BCUT2D eigenvalue weighted by Crippen LogP contribution is 2.35. The van der Waals surface area contributed by atoms with Gasteiger partial charge in [0.15, 0.2) is 5.82 Å². The summed E-state index contributed by atoms with van der Waals surface area (Å²) in [5.41, 5.74) is 0.756. The van der Waals surface area contributed by atoms with E-state index < -0.39 is 16.2 Å². The first-order chi connectivity index (χ1) is 16.1. The van der Waals surface area contributed by atoms with E-state index in [1.54, 1.807) is 24.3 Å². The van der Waals surface area contributed by atoms with Crippen LogP contribution in [0.25, 0.3) is 11.1 Å². The minimum atomic E-state index is -4.21. The van der Waals surface area contributed by atoms with Gasteiger partial charge in [0.2, 0.25) is 5.88 Å². The molecule has 0 radical (unpaired) electrons. The summed E-state index contributed by atoms with van der Waals surface area (Å²) in [6, 6.07) is 7.03. The van der Waals surface area contributed by atoms with Gasteiger partial charge in [-0.05, 0) is 33.6 Å². The molecular formula is C19H18Br2N6O6S. The first-order valence-electron chi connectivity index (χ1n) is 9.53. The number of benzene rings is 1. The van der Waals surface area contributed by atoms with E-state index in [0.717, 1.165) is 4.47 Å². The van der Waals surface area contributed by atoms with Crippen molar-refractivity contribution in [2.45, 2.75) is 12.8 Å². The molecule has 15 heteroatoms. The van der Waals surface area contributed by atoms with Gasteiger partial charge in [-0.3, -0.25) is 9.52 Å². The second-order valence-corrected chi connectivity index (χ2v) is 9.72. The van der Waals surface area contributed by atoms with E-state index in [-0.39, 0.29) is 55.2 Å². The van der Waals surface area contributed by atoms with Crippen LogP contribution in [0.3, 0.4) is 0 Å². The average molecular weight is 618 g/mol. The summed E-state index contributed by atoms with van der Waals surface area (Å²) in [5, 5.41) is 14.2. The highest BCUT2D eigenvalue weighted by molar-refractivity contribution is 9.10. The number of hydrogen-bond acceptors (Lipinski definition) is 9.